The normalized spacial score (nSPS) is 14.7. The van der Waals surface area contributed by atoms with Crippen molar-refractivity contribution in [3.8, 4) is 10.6 Å². The Bertz CT molecular complexity index is 848. The number of guanidine groups is 1. The minimum atomic E-state index is -0.216. The number of nitrogens with zero attached hydrogens (tertiary/aromatic N) is 3. The van der Waals surface area contributed by atoms with Gasteiger partial charge < -0.3 is 20.3 Å². The van der Waals surface area contributed by atoms with Gasteiger partial charge in [-0.3, -0.25) is 4.99 Å². The van der Waals surface area contributed by atoms with Crippen molar-refractivity contribution in [1.82, 2.24) is 20.5 Å². The van der Waals surface area contributed by atoms with E-state index in [0.29, 0.717) is 25.7 Å². The van der Waals surface area contributed by atoms with Gasteiger partial charge in [-0.25, -0.2) is 9.78 Å². The molecule has 1 saturated heterocycles. The van der Waals surface area contributed by atoms with Gasteiger partial charge in [-0.2, -0.15) is 0 Å². The number of likely N-dealkylation sites (tertiary alicyclic amines) is 1. The molecule has 2 heterocycles. The Hall–Kier alpha value is -1.88. The fourth-order valence-corrected chi connectivity index (χ4v) is 4.23. The van der Waals surface area contributed by atoms with E-state index in [1.165, 1.54) is 5.56 Å². The molecule has 2 aromatic rings. The molecule has 1 aliphatic rings. The fraction of sp³-hybridized carbons (Fsp3) is 0.500. The summed E-state index contributed by atoms with van der Waals surface area (Å²) in [6.45, 7) is 6.50. The molecule has 7 nitrogen and oxygen atoms in total. The Labute approximate surface area is 205 Å². The van der Waals surface area contributed by atoms with Gasteiger partial charge in [-0.1, -0.05) is 29.8 Å². The molecular weight excluding hydrogens is 525 g/mol. The number of thiazole rings is 1. The Morgan fingerprint density at radius 1 is 1.29 bits per heavy atom. The Kier molecular flexibility index (Phi) is 10.5. The first-order chi connectivity index (χ1) is 14.6. The van der Waals surface area contributed by atoms with Gasteiger partial charge in [0.05, 0.1) is 12.3 Å². The highest BCUT2D eigenvalue weighted by molar-refractivity contribution is 14.0. The minimum Gasteiger partial charge on any atom is -0.450 e. The van der Waals surface area contributed by atoms with E-state index in [9.17, 15) is 4.79 Å². The van der Waals surface area contributed by atoms with E-state index in [1.807, 2.05) is 6.92 Å². The predicted octanol–water partition coefficient (Wildman–Crippen LogP) is 4.06. The lowest BCUT2D eigenvalue weighted by Gasteiger charge is -2.32. The molecule has 0 spiro atoms. The second-order valence-corrected chi connectivity index (χ2v) is 8.22. The zero-order valence-corrected chi connectivity index (χ0v) is 21.5. The average molecular weight is 558 g/mol. The molecule has 9 heteroatoms. The maximum atomic E-state index is 11.8. The van der Waals surface area contributed by atoms with Crippen LogP contribution in [0, 0.1) is 6.92 Å². The number of nitrogens with one attached hydrogen (secondary N) is 2. The summed E-state index contributed by atoms with van der Waals surface area (Å²) in [6.07, 6.45) is 2.38. The summed E-state index contributed by atoms with van der Waals surface area (Å²) in [5, 5.41) is 10.0. The maximum absolute atomic E-state index is 11.8. The van der Waals surface area contributed by atoms with Gasteiger partial charge >= 0.3 is 6.09 Å². The smallest absolute Gasteiger partial charge is 0.409 e. The third kappa shape index (κ3) is 7.64. The van der Waals surface area contributed by atoms with Gasteiger partial charge in [0.25, 0.3) is 0 Å². The molecule has 0 aliphatic carbocycles. The molecule has 3 rings (SSSR count). The highest BCUT2D eigenvalue weighted by atomic mass is 127. The van der Waals surface area contributed by atoms with E-state index in [-0.39, 0.29) is 30.1 Å². The van der Waals surface area contributed by atoms with Crippen LogP contribution in [0.2, 0.25) is 0 Å². The number of carbonyl (C=O) groups excluding carboxylic acids is 1. The van der Waals surface area contributed by atoms with Gasteiger partial charge in [-0.05, 0) is 26.7 Å². The number of benzene rings is 1. The number of aliphatic imine (C=N–C) groups is 1. The number of amides is 1. The largest absolute Gasteiger partial charge is 0.450 e. The highest BCUT2D eigenvalue weighted by Crippen LogP contribution is 2.24. The number of piperidine rings is 1. The van der Waals surface area contributed by atoms with Crippen LogP contribution in [-0.4, -0.2) is 61.3 Å². The number of ether oxygens (including phenoxy) is 1. The first-order valence-corrected chi connectivity index (χ1v) is 11.4. The minimum absolute atomic E-state index is 0. The molecule has 1 aromatic carbocycles. The molecule has 1 aromatic heterocycles. The summed E-state index contributed by atoms with van der Waals surface area (Å²) in [7, 11) is 1.78. The SMILES string of the molecule is CCOC(=O)N1CCC(NC(=NC)NCCc2csc(-c3ccc(C)cc3)n2)CC1.I. The second kappa shape index (κ2) is 12.8. The average Bonchev–Trinajstić information content (AvgIpc) is 3.23. The van der Waals surface area contributed by atoms with Crippen molar-refractivity contribution in [2.24, 2.45) is 4.99 Å². The molecule has 0 saturated carbocycles. The van der Waals surface area contributed by atoms with E-state index >= 15 is 0 Å². The number of aromatic nitrogens is 1. The summed E-state index contributed by atoms with van der Waals surface area (Å²) in [6, 6.07) is 8.77. The van der Waals surface area contributed by atoms with Crippen molar-refractivity contribution >= 4 is 47.4 Å². The molecule has 0 bridgehead atoms. The first-order valence-electron chi connectivity index (χ1n) is 10.5. The lowest BCUT2D eigenvalue weighted by atomic mass is 10.1. The van der Waals surface area contributed by atoms with Crippen LogP contribution in [0.5, 0.6) is 0 Å². The summed E-state index contributed by atoms with van der Waals surface area (Å²) in [5.41, 5.74) is 3.50. The molecule has 0 radical (unpaired) electrons. The van der Waals surface area contributed by atoms with Gasteiger partial charge in [0.1, 0.15) is 5.01 Å². The van der Waals surface area contributed by atoms with Crippen LogP contribution in [0.25, 0.3) is 10.6 Å². The quantitative estimate of drug-likeness (QED) is 0.318. The second-order valence-electron chi connectivity index (χ2n) is 7.36. The highest BCUT2D eigenvalue weighted by Gasteiger charge is 2.24. The topological polar surface area (TPSA) is 78.8 Å². The first kappa shape index (κ1) is 25.4. The van der Waals surface area contributed by atoms with E-state index < -0.39 is 0 Å². The van der Waals surface area contributed by atoms with Crippen molar-refractivity contribution < 1.29 is 9.53 Å². The lowest BCUT2D eigenvalue weighted by molar-refractivity contribution is 0.0963. The Morgan fingerprint density at radius 3 is 2.65 bits per heavy atom. The number of halogens is 1. The fourth-order valence-electron chi connectivity index (χ4n) is 3.37. The zero-order chi connectivity index (χ0) is 21.3. The van der Waals surface area contributed by atoms with Crippen LogP contribution in [0.4, 0.5) is 4.79 Å². The van der Waals surface area contributed by atoms with Gasteiger partial charge in [0.2, 0.25) is 0 Å². The van der Waals surface area contributed by atoms with E-state index in [0.717, 1.165) is 48.0 Å². The van der Waals surface area contributed by atoms with Crippen molar-refractivity contribution in [2.75, 3.05) is 33.3 Å². The number of hydrogen-bond donors (Lipinski definition) is 2. The van der Waals surface area contributed by atoms with Crippen LogP contribution in [-0.2, 0) is 11.2 Å². The summed E-state index contributed by atoms with van der Waals surface area (Å²) in [5.74, 6) is 0.790. The molecule has 1 aliphatic heterocycles. The monoisotopic (exact) mass is 557 g/mol. The summed E-state index contributed by atoms with van der Waals surface area (Å²) >= 11 is 1.68. The molecule has 170 valence electrons. The molecule has 31 heavy (non-hydrogen) atoms. The molecule has 0 unspecified atom stereocenters. The molecule has 2 N–H and O–H groups in total. The maximum Gasteiger partial charge on any atom is 0.409 e. The van der Waals surface area contributed by atoms with Gasteiger partial charge in [0.15, 0.2) is 5.96 Å². The van der Waals surface area contributed by atoms with E-state index in [4.69, 9.17) is 9.72 Å². The molecule has 0 atom stereocenters. The van der Waals surface area contributed by atoms with Gasteiger partial charge in [-0.15, -0.1) is 35.3 Å². The zero-order valence-electron chi connectivity index (χ0n) is 18.4. The Balaban J connectivity index is 0.00000341. The van der Waals surface area contributed by atoms with Crippen LogP contribution in [0.3, 0.4) is 0 Å². The molecule has 1 fully saturated rings. The van der Waals surface area contributed by atoms with Crippen molar-refractivity contribution in [2.45, 2.75) is 39.2 Å². The van der Waals surface area contributed by atoms with Crippen LogP contribution in [0.1, 0.15) is 31.0 Å². The molecule has 1 amide bonds. The standard InChI is InChI=1S/C22H31N5O2S.HI/c1-4-29-22(28)27-13-10-18(11-14-27)26-21(23-3)24-12-9-19-15-30-20(25-19)17-7-5-16(2)6-8-17;/h5-8,15,18H,4,9-14H2,1-3H3,(H2,23,24,26);1H. The summed E-state index contributed by atoms with van der Waals surface area (Å²) in [4.78, 5) is 22.7. The third-order valence-electron chi connectivity index (χ3n) is 5.11. The van der Waals surface area contributed by atoms with Crippen LogP contribution < -0.4 is 10.6 Å². The van der Waals surface area contributed by atoms with Crippen molar-refractivity contribution in [3.63, 3.8) is 0 Å². The predicted molar refractivity (Wildman–Crippen MR) is 138 cm³/mol. The Morgan fingerprint density at radius 2 is 2.00 bits per heavy atom. The van der Waals surface area contributed by atoms with Gasteiger partial charge in [0, 0.05) is 50.1 Å². The molecular formula is C22H32IN5O2S. The van der Waals surface area contributed by atoms with Crippen molar-refractivity contribution in [3.05, 3.63) is 40.9 Å². The third-order valence-corrected chi connectivity index (χ3v) is 6.05. The van der Waals surface area contributed by atoms with Crippen molar-refractivity contribution in [1.29, 1.82) is 0 Å². The number of aryl methyl sites for hydroxylation is 1. The van der Waals surface area contributed by atoms with E-state index in [1.54, 1.807) is 23.3 Å². The van der Waals surface area contributed by atoms with Crippen LogP contribution in [0.15, 0.2) is 34.6 Å². The number of rotatable bonds is 6. The summed E-state index contributed by atoms with van der Waals surface area (Å²) < 4.78 is 5.07. The number of hydrogen-bond acceptors (Lipinski definition) is 5. The lowest BCUT2D eigenvalue weighted by Crippen LogP contribution is -2.50. The number of carbonyl (C=O) groups is 1. The van der Waals surface area contributed by atoms with E-state index in [2.05, 4.69) is 52.2 Å². The van der Waals surface area contributed by atoms with Crippen LogP contribution >= 0.6 is 35.3 Å².